The minimum absolute atomic E-state index is 0.0514. The minimum atomic E-state index is -3.06. The fraction of sp³-hybridized carbons (Fsp3) is 0.533. The van der Waals surface area contributed by atoms with Crippen LogP contribution in [0.25, 0.3) is 0 Å². The smallest absolute Gasteiger partial charge is 0.225 e. The number of carbonyl (C=O) groups is 1. The summed E-state index contributed by atoms with van der Waals surface area (Å²) in [6.07, 6.45) is 1.37. The van der Waals surface area contributed by atoms with Crippen molar-refractivity contribution in [2.45, 2.75) is 26.3 Å². The quantitative estimate of drug-likeness (QED) is 0.791. The Bertz CT molecular complexity index is 605. The minimum Gasteiger partial charge on any atom is -0.324 e. The van der Waals surface area contributed by atoms with E-state index in [0.717, 1.165) is 0 Å². The van der Waals surface area contributed by atoms with E-state index in [2.05, 4.69) is 5.32 Å². The maximum Gasteiger partial charge on any atom is 0.225 e. The Balaban J connectivity index is 2.52. The third kappa shape index (κ3) is 6.53. The van der Waals surface area contributed by atoms with Crippen molar-refractivity contribution in [3.63, 3.8) is 0 Å². The van der Waals surface area contributed by atoms with Crippen LogP contribution in [0.15, 0.2) is 24.3 Å². The summed E-state index contributed by atoms with van der Waals surface area (Å²) in [5.74, 6) is -0.723. The summed E-state index contributed by atoms with van der Waals surface area (Å²) in [7, 11) is -3.06. The van der Waals surface area contributed by atoms with Crippen LogP contribution in [-0.4, -0.2) is 50.4 Å². The normalized spacial score (nSPS) is 13.1. The van der Waals surface area contributed by atoms with Crippen molar-refractivity contribution in [1.82, 2.24) is 4.90 Å². The standard InChI is InChI=1S/C15H23FN2O3S/c1-4-18(12(2)11-22(3,20)21)10-9-15(19)17-14-8-6-5-7-13(14)16/h5-8,12H,4,9-11H2,1-3H3,(H,17,19). The van der Waals surface area contributed by atoms with Crippen LogP contribution in [0, 0.1) is 5.82 Å². The lowest BCUT2D eigenvalue weighted by Gasteiger charge is -2.26. The van der Waals surface area contributed by atoms with E-state index in [9.17, 15) is 17.6 Å². The van der Waals surface area contributed by atoms with Crippen molar-refractivity contribution in [2.75, 3.05) is 30.4 Å². The van der Waals surface area contributed by atoms with Crippen molar-refractivity contribution in [2.24, 2.45) is 0 Å². The number of rotatable bonds is 8. The summed E-state index contributed by atoms with van der Waals surface area (Å²) in [5, 5.41) is 2.52. The van der Waals surface area contributed by atoms with Gasteiger partial charge in [-0.3, -0.25) is 9.69 Å². The average Bonchev–Trinajstić information content (AvgIpc) is 2.40. The van der Waals surface area contributed by atoms with E-state index >= 15 is 0 Å². The number of carbonyl (C=O) groups excluding carboxylic acids is 1. The molecule has 1 aromatic carbocycles. The molecular weight excluding hydrogens is 307 g/mol. The summed E-state index contributed by atoms with van der Waals surface area (Å²) in [6, 6.07) is 5.81. The molecule has 0 aliphatic rings. The van der Waals surface area contributed by atoms with Gasteiger partial charge in [-0.1, -0.05) is 19.1 Å². The molecule has 1 atom stereocenters. The number of amides is 1. The largest absolute Gasteiger partial charge is 0.324 e. The van der Waals surface area contributed by atoms with Gasteiger partial charge >= 0.3 is 0 Å². The van der Waals surface area contributed by atoms with Gasteiger partial charge < -0.3 is 5.32 Å². The number of anilines is 1. The van der Waals surface area contributed by atoms with Gasteiger partial charge in [-0.05, 0) is 25.6 Å². The van der Waals surface area contributed by atoms with Gasteiger partial charge in [-0.2, -0.15) is 0 Å². The first kappa shape index (κ1) is 18.6. The van der Waals surface area contributed by atoms with Gasteiger partial charge in [0, 0.05) is 25.3 Å². The number of hydrogen-bond donors (Lipinski definition) is 1. The van der Waals surface area contributed by atoms with E-state index in [0.29, 0.717) is 13.1 Å². The molecule has 0 heterocycles. The average molecular weight is 330 g/mol. The van der Waals surface area contributed by atoms with Crippen molar-refractivity contribution in [3.8, 4) is 0 Å². The lowest BCUT2D eigenvalue weighted by molar-refractivity contribution is -0.116. The Kier molecular flexibility index (Phi) is 6.96. The van der Waals surface area contributed by atoms with Gasteiger partial charge in [0.2, 0.25) is 5.91 Å². The molecule has 0 radical (unpaired) electrons. The van der Waals surface area contributed by atoms with Gasteiger partial charge in [-0.15, -0.1) is 0 Å². The summed E-state index contributed by atoms with van der Waals surface area (Å²) >= 11 is 0. The zero-order valence-electron chi connectivity index (χ0n) is 13.2. The molecule has 1 aromatic rings. The molecule has 1 amide bonds. The molecule has 0 spiro atoms. The van der Waals surface area contributed by atoms with Crippen LogP contribution in [-0.2, 0) is 14.6 Å². The van der Waals surface area contributed by atoms with Gasteiger partial charge in [0.25, 0.3) is 0 Å². The SMILES string of the molecule is CCN(CCC(=O)Nc1ccccc1F)C(C)CS(C)(=O)=O. The molecule has 1 N–H and O–H groups in total. The maximum absolute atomic E-state index is 13.4. The number of nitrogens with one attached hydrogen (secondary N) is 1. The Labute approximate surface area is 131 Å². The topological polar surface area (TPSA) is 66.5 Å². The number of para-hydroxylation sites is 1. The fourth-order valence-electron chi connectivity index (χ4n) is 2.25. The number of sulfone groups is 1. The van der Waals surface area contributed by atoms with E-state index < -0.39 is 15.7 Å². The first-order valence-corrected chi connectivity index (χ1v) is 9.25. The van der Waals surface area contributed by atoms with E-state index in [1.54, 1.807) is 12.1 Å². The van der Waals surface area contributed by atoms with Gasteiger partial charge in [-0.25, -0.2) is 12.8 Å². The molecule has 22 heavy (non-hydrogen) atoms. The maximum atomic E-state index is 13.4. The molecule has 0 bridgehead atoms. The van der Waals surface area contributed by atoms with Crippen molar-refractivity contribution < 1.29 is 17.6 Å². The molecule has 0 aliphatic carbocycles. The third-order valence-electron chi connectivity index (χ3n) is 3.35. The second kappa shape index (κ2) is 8.24. The monoisotopic (exact) mass is 330 g/mol. The van der Waals surface area contributed by atoms with Gasteiger partial charge in [0.1, 0.15) is 15.7 Å². The number of benzene rings is 1. The molecule has 0 aromatic heterocycles. The van der Waals surface area contributed by atoms with Crippen molar-refractivity contribution in [1.29, 1.82) is 0 Å². The Hall–Kier alpha value is -1.47. The highest BCUT2D eigenvalue weighted by atomic mass is 32.2. The molecule has 0 aliphatic heterocycles. The Morgan fingerprint density at radius 1 is 1.36 bits per heavy atom. The lowest BCUT2D eigenvalue weighted by atomic mass is 10.2. The first-order valence-electron chi connectivity index (χ1n) is 7.19. The van der Waals surface area contributed by atoms with Crippen LogP contribution in [0.3, 0.4) is 0 Å². The Morgan fingerprint density at radius 2 is 2.00 bits per heavy atom. The zero-order chi connectivity index (χ0) is 16.8. The van der Waals surface area contributed by atoms with Crippen LogP contribution < -0.4 is 5.32 Å². The van der Waals surface area contributed by atoms with Crippen LogP contribution in [0.2, 0.25) is 0 Å². The highest BCUT2D eigenvalue weighted by molar-refractivity contribution is 7.90. The number of halogens is 1. The van der Waals surface area contributed by atoms with Crippen LogP contribution >= 0.6 is 0 Å². The first-order chi connectivity index (χ1) is 10.2. The van der Waals surface area contributed by atoms with Crippen molar-refractivity contribution in [3.05, 3.63) is 30.1 Å². The molecule has 1 unspecified atom stereocenters. The predicted octanol–water partition coefficient (Wildman–Crippen LogP) is 1.91. The molecular formula is C15H23FN2O3S. The molecule has 124 valence electrons. The summed E-state index contributed by atoms with van der Waals surface area (Å²) in [6.45, 7) is 4.80. The second-order valence-electron chi connectivity index (χ2n) is 5.35. The van der Waals surface area contributed by atoms with E-state index in [1.165, 1.54) is 18.4 Å². The van der Waals surface area contributed by atoms with Crippen molar-refractivity contribution >= 4 is 21.4 Å². The Morgan fingerprint density at radius 3 is 2.55 bits per heavy atom. The van der Waals surface area contributed by atoms with Crippen LogP contribution in [0.1, 0.15) is 20.3 Å². The van der Waals surface area contributed by atoms with Gasteiger partial charge in [0.15, 0.2) is 0 Å². The summed E-state index contributed by atoms with van der Waals surface area (Å²) in [4.78, 5) is 13.8. The summed E-state index contributed by atoms with van der Waals surface area (Å²) < 4.78 is 36.1. The molecule has 0 fully saturated rings. The summed E-state index contributed by atoms with van der Waals surface area (Å²) in [5.41, 5.74) is 0.153. The predicted molar refractivity (Wildman–Crippen MR) is 86.1 cm³/mol. The van der Waals surface area contributed by atoms with Crippen LogP contribution in [0.4, 0.5) is 10.1 Å². The molecule has 5 nitrogen and oxygen atoms in total. The molecule has 7 heteroatoms. The fourth-order valence-corrected chi connectivity index (χ4v) is 3.34. The third-order valence-corrected chi connectivity index (χ3v) is 4.44. The van der Waals surface area contributed by atoms with E-state index in [1.807, 2.05) is 18.7 Å². The zero-order valence-corrected chi connectivity index (χ0v) is 14.0. The highest BCUT2D eigenvalue weighted by Crippen LogP contribution is 2.13. The van der Waals surface area contributed by atoms with Gasteiger partial charge in [0.05, 0.1) is 11.4 Å². The molecule has 1 rings (SSSR count). The second-order valence-corrected chi connectivity index (χ2v) is 7.53. The number of hydrogen-bond acceptors (Lipinski definition) is 4. The highest BCUT2D eigenvalue weighted by Gasteiger charge is 2.18. The lowest BCUT2D eigenvalue weighted by Crippen LogP contribution is -2.39. The molecule has 0 saturated carbocycles. The van der Waals surface area contributed by atoms with Crippen LogP contribution in [0.5, 0.6) is 0 Å². The van der Waals surface area contributed by atoms with E-state index in [-0.39, 0.29) is 29.8 Å². The molecule has 0 saturated heterocycles. The number of nitrogens with zero attached hydrogens (tertiary/aromatic N) is 1. The van der Waals surface area contributed by atoms with E-state index in [4.69, 9.17) is 0 Å².